The molecule has 0 unspecified atom stereocenters. The number of carbonyl (C=O) groups excluding carboxylic acids is 1. The second-order valence-corrected chi connectivity index (χ2v) is 5.84. The number of hydrogen-bond acceptors (Lipinski definition) is 5. The van der Waals surface area contributed by atoms with Crippen LogP contribution in [0.2, 0.25) is 0 Å². The molecule has 2 saturated heterocycles. The van der Waals surface area contributed by atoms with Crippen LogP contribution >= 0.6 is 0 Å². The molecule has 0 saturated carbocycles. The van der Waals surface area contributed by atoms with Crippen molar-refractivity contribution in [2.75, 3.05) is 19.6 Å². The number of furan rings is 1. The molecule has 2 fully saturated rings. The number of piperidine rings is 1. The topological polar surface area (TPSA) is 66.2 Å². The van der Waals surface area contributed by atoms with E-state index in [0.29, 0.717) is 18.7 Å². The van der Waals surface area contributed by atoms with Gasteiger partial charge in [0, 0.05) is 19.6 Å². The smallest absolute Gasteiger partial charge is 0.249 e. The van der Waals surface area contributed by atoms with E-state index in [0.717, 1.165) is 38.2 Å². The summed E-state index contributed by atoms with van der Waals surface area (Å²) in [5, 5.41) is 10.5. The van der Waals surface area contributed by atoms with Crippen molar-refractivity contribution in [3.05, 3.63) is 23.7 Å². The molecular formula is C15H22N2O4. The Balaban J connectivity index is 1.54. The SMILES string of the molecule is CCN1OC2(CCN(Cc3ccc(CO)o3)CC2)CC1=O. The summed E-state index contributed by atoms with van der Waals surface area (Å²) in [5.74, 6) is 1.57. The number of likely N-dealkylation sites (tertiary alicyclic amines) is 1. The summed E-state index contributed by atoms with van der Waals surface area (Å²) in [7, 11) is 0. The van der Waals surface area contributed by atoms with Crippen LogP contribution in [0.15, 0.2) is 16.5 Å². The minimum absolute atomic E-state index is 0.0636. The maximum absolute atomic E-state index is 11.8. The largest absolute Gasteiger partial charge is 0.462 e. The molecule has 3 rings (SSSR count). The van der Waals surface area contributed by atoms with Crippen molar-refractivity contribution in [2.24, 2.45) is 0 Å². The van der Waals surface area contributed by atoms with Crippen molar-refractivity contribution < 1.29 is 19.2 Å². The van der Waals surface area contributed by atoms with Gasteiger partial charge in [-0.2, -0.15) is 0 Å². The van der Waals surface area contributed by atoms with Gasteiger partial charge in [-0.1, -0.05) is 0 Å². The van der Waals surface area contributed by atoms with Crippen LogP contribution in [0.5, 0.6) is 0 Å². The lowest BCUT2D eigenvalue weighted by molar-refractivity contribution is -0.208. The minimum Gasteiger partial charge on any atom is -0.462 e. The van der Waals surface area contributed by atoms with Gasteiger partial charge in [-0.3, -0.25) is 14.5 Å². The summed E-state index contributed by atoms with van der Waals surface area (Å²) in [4.78, 5) is 20.0. The summed E-state index contributed by atoms with van der Waals surface area (Å²) < 4.78 is 5.52. The Kier molecular flexibility index (Phi) is 4.01. The van der Waals surface area contributed by atoms with Crippen LogP contribution in [0.3, 0.4) is 0 Å². The molecule has 21 heavy (non-hydrogen) atoms. The van der Waals surface area contributed by atoms with E-state index in [1.165, 1.54) is 5.06 Å². The first-order valence-electron chi connectivity index (χ1n) is 7.54. The molecule has 2 aliphatic heterocycles. The van der Waals surface area contributed by atoms with Crippen LogP contribution in [0.1, 0.15) is 37.7 Å². The molecule has 1 aromatic rings. The molecule has 6 heteroatoms. The van der Waals surface area contributed by atoms with Crippen LogP contribution < -0.4 is 0 Å². The fourth-order valence-electron chi connectivity index (χ4n) is 3.12. The number of hydrogen-bond donors (Lipinski definition) is 1. The summed E-state index contributed by atoms with van der Waals surface area (Å²) >= 11 is 0. The number of hydroxylamine groups is 2. The molecule has 1 amide bonds. The van der Waals surface area contributed by atoms with Crippen LogP contribution in [0.4, 0.5) is 0 Å². The summed E-state index contributed by atoms with van der Waals surface area (Å²) in [5.41, 5.74) is -0.289. The molecule has 0 radical (unpaired) electrons. The highest BCUT2D eigenvalue weighted by Gasteiger charge is 2.46. The Bertz CT molecular complexity index is 506. The maximum Gasteiger partial charge on any atom is 0.249 e. The third-order valence-corrected chi connectivity index (χ3v) is 4.36. The summed E-state index contributed by atoms with van der Waals surface area (Å²) in [6.07, 6.45) is 2.23. The molecule has 0 aromatic carbocycles. The molecule has 2 aliphatic rings. The first-order valence-corrected chi connectivity index (χ1v) is 7.54. The number of amides is 1. The number of aliphatic hydroxyl groups excluding tert-OH is 1. The van der Waals surface area contributed by atoms with Gasteiger partial charge >= 0.3 is 0 Å². The Hall–Kier alpha value is -1.37. The second kappa shape index (κ2) is 5.79. The van der Waals surface area contributed by atoms with E-state index in [1.54, 1.807) is 6.07 Å². The molecule has 6 nitrogen and oxygen atoms in total. The van der Waals surface area contributed by atoms with Gasteiger partial charge in [0.25, 0.3) is 0 Å². The normalized spacial score (nSPS) is 22.4. The molecule has 1 aromatic heterocycles. The van der Waals surface area contributed by atoms with Gasteiger partial charge < -0.3 is 9.52 Å². The van der Waals surface area contributed by atoms with E-state index >= 15 is 0 Å². The van der Waals surface area contributed by atoms with Crippen molar-refractivity contribution >= 4 is 5.91 Å². The monoisotopic (exact) mass is 294 g/mol. The van der Waals surface area contributed by atoms with E-state index in [9.17, 15) is 4.79 Å². The first-order chi connectivity index (χ1) is 10.1. The van der Waals surface area contributed by atoms with Gasteiger partial charge in [-0.15, -0.1) is 0 Å². The van der Waals surface area contributed by atoms with E-state index in [2.05, 4.69) is 4.90 Å². The fourth-order valence-corrected chi connectivity index (χ4v) is 3.12. The van der Waals surface area contributed by atoms with Gasteiger partial charge in [0.1, 0.15) is 23.7 Å². The Morgan fingerprint density at radius 1 is 1.29 bits per heavy atom. The lowest BCUT2D eigenvalue weighted by Crippen LogP contribution is -2.44. The minimum atomic E-state index is -0.289. The number of nitrogens with zero attached hydrogens (tertiary/aromatic N) is 2. The third kappa shape index (κ3) is 2.97. The molecule has 0 bridgehead atoms. The zero-order valence-corrected chi connectivity index (χ0v) is 12.4. The fraction of sp³-hybridized carbons (Fsp3) is 0.667. The van der Waals surface area contributed by atoms with Crippen LogP contribution in [-0.4, -0.2) is 46.2 Å². The number of aliphatic hydroxyl groups is 1. The quantitative estimate of drug-likeness (QED) is 0.906. The van der Waals surface area contributed by atoms with Crippen LogP contribution in [0.25, 0.3) is 0 Å². The summed E-state index contributed by atoms with van der Waals surface area (Å²) in [6, 6.07) is 3.71. The maximum atomic E-state index is 11.8. The predicted octanol–water partition coefficient (Wildman–Crippen LogP) is 1.29. The molecule has 1 N–H and O–H groups in total. The Morgan fingerprint density at radius 3 is 2.57 bits per heavy atom. The lowest BCUT2D eigenvalue weighted by atomic mass is 9.88. The third-order valence-electron chi connectivity index (χ3n) is 4.36. The van der Waals surface area contributed by atoms with Crippen molar-refractivity contribution in [3.63, 3.8) is 0 Å². The van der Waals surface area contributed by atoms with Crippen molar-refractivity contribution in [1.82, 2.24) is 9.96 Å². The van der Waals surface area contributed by atoms with Crippen molar-refractivity contribution in [3.8, 4) is 0 Å². The predicted molar refractivity (Wildman–Crippen MR) is 75.0 cm³/mol. The standard InChI is InChI=1S/C15H22N2O4/c1-2-17-14(19)9-15(21-17)5-7-16(8-6-15)10-12-3-4-13(11-18)20-12/h3-4,18H,2,5-11H2,1H3. The molecule has 0 atom stereocenters. The van der Waals surface area contributed by atoms with Crippen LogP contribution in [-0.2, 0) is 22.8 Å². The number of rotatable bonds is 4. The summed E-state index contributed by atoms with van der Waals surface area (Å²) in [6.45, 7) is 5.00. The van der Waals surface area contributed by atoms with Crippen molar-refractivity contribution in [1.29, 1.82) is 0 Å². The zero-order valence-electron chi connectivity index (χ0n) is 12.4. The van der Waals surface area contributed by atoms with Gasteiger partial charge in [-0.25, -0.2) is 5.06 Å². The van der Waals surface area contributed by atoms with E-state index in [4.69, 9.17) is 14.4 Å². The Labute approximate surface area is 124 Å². The van der Waals surface area contributed by atoms with Gasteiger partial charge in [0.2, 0.25) is 5.91 Å². The van der Waals surface area contributed by atoms with Crippen LogP contribution in [0, 0.1) is 0 Å². The average Bonchev–Trinajstić information content (AvgIpc) is 3.06. The molecule has 3 heterocycles. The second-order valence-electron chi connectivity index (χ2n) is 5.84. The molecule has 116 valence electrons. The van der Waals surface area contributed by atoms with Gasteiger partial charge in [-0.05, 0) is 31.9 Å². The highest BCUT2D eigenvalue weighted by Crippen LogP contribution is 2.36. The van der Waals surface area contributed by atoms with E-state index in [1.807, 2.05) is 13.0 Å². The van der Waals surface area contributed by atoms with E-state index in [-0.39, 0.29) is 18.1 Å². The first kappa shape index (κ1) is 14.6. The highest BCUT2D eigenvalue weighted by molar-refractivity contribution is 5.78. The molecule has 1 spiro atoms. The molecule has 0 aliphatic carbocycles. The number of carbonyl (C=O) groups is 1. The zero-order chi connectivity index (χ0) is 14.9. The highest BCUT2D eigenvalue weighted by atomic mass is 16.7. The average molecular weight is 294 g/mol. The lowest BCUT2D eigenvalue weighted by Gasteiger charge is -2.37. The van der Waals surface area contributed by atoms with Crippen molar-refractivity contribution in [2.45, 2.75) is 44.9 Å². The molecular weight excluding hydrogens is 272 g/mol. The van der Waals surface area contributed by atoms with Gasteiger partial charge in [0.05, 0.1) is 13.0 Å². The van der Waals surface area contributed by atoms with E-state index < -0.39 is 0 Å². The Morgan fingerprint density at radius 2 is 2.00 bits per heavy atom. The van der Waals surface area contributed by atoms with Gasteiger partial charge in [0.15, 0.2) is 0 Å².